The van der Waals surface area contributed by atoms with Gasteiger partial charge in [-0.1, -0.05) is 35.2 Å². The topological polar surface area (TPSA) is 26.3 Å². The molecule has 3 heteroatoms. The summed E-state index contributed by atoms with van der Waals surface area (Å²) >= 11 is 5.76. The molecule has 0 atom stereocenters. The number of benzene rings is 1. The molecule has 0 bridgehead atoms. The van der Waals surface area contributed by atoms with Crippen LogP contribution >= 0.6 is 11.6 Å². The molecule has 88 valence electrons. The van der Waals surface area contributed by atoms with Gasteiger partial charge in [0.25, 0.3) is 0 Å². The van der Waals surface area contributed by atoms with Crippen molar-refractivity contribution >= 4 is 23.6 Å². The van der Waals surface area contributed by atoms with E-state index in [1.54, 1.807) is 32.1 Å². The van der Waals surface area contributed by atoms with Crippen molar-refractivity contribution in [1.29, 1.82) is 0 Å². The first kappa shape index (κ1) is 13.3. The normalized spacial score (nSPS) is 8.88. The molecule has 0 amide bonds. The summed E-state index contributed by atoms with van der Waals surface area (Å²) in [4.78, 5) is 11.2. The van der Waals surface area contributed by atoms with Gasteiger partial charge in [0.15, 0.2) is 0 Å². The van der Waals surface area contributed by atoms with Crippen molar-refractivity contribution in [2.24, 2.45) is 0 Å². The third-order valence-corrected chi connectivity index (χ3v) is 2.20. The van der Waals surface area contributed by atoms with E-state index in [0.717, 1.165) is 5.56 Å². The van der Waals surface area contributed by atoms with Gasteiger partial charge >= 0.3 is 5.97 Å². The summed E-state index contributed by atoms with van der Waals surface area (Å²) in [6, 6.07) is 7.29. The zero-order chi connectivity index (χ0) is 12.7. The molecule has 0 heterocycles. The Morgan fingerprint density at radius 1 is 1.41 bits per heavy atom. The number of carbonyl (C=O) groups excluding carboxylic acids is 1. The van der Waals surface area contributed by atoms with E-state index >= 15 is 0 Å². The van der Waals surface area contributed by atoms with Crippen LogP contribution in [-0.2, 0) is 9.53 Å². The molecular weight excluding hydrogens is 236 g/mol. The van der Waals surface area contributed by atoms with Crippen LogP contribution in [0.2, 0.25) is 5.02 Å². The molecule has 17 heavy (non-hydrogen) atoms. The van der Waals surface area contributed by atoms with Crippen LogP contribution in [0.3, 0.4) is 0 Å². The molecule has 0 N–H and O–H groups in total. The third-order valence-electron chi connectivity index (χ3n) is 1.95. The predicted molar refractivity (Wildman–Crippen MR) is 68.8 cm³/mol. The maximum absolute atomic E-state index is 11.2. The summed E-state index contributed by atoms with van der Waals surface area (Å²) in [5.41, 5.74) is 6.88. The minimum atomic E-state index is -0.371. The lowest BCUT2D eigenvalue weighted by Gasteiger charge is -1.96. The number of hydrogen-bond acceptors (Lipinski definition) is 2. The van der Waals surface area contributed by atoms with E-state index < -0.39 is 0 Å². The van der Waals surface area contributed by atoms with Gasteiger partial charge in [-0.15, -0.1) is 0 Å². The van der Waals surface area contributed by atoms with Crippen LogP contribution in [0.4, 0.5) is 0 Å². The van der Waals surface area contributed by atoms with Gasteiger partial charge in [0.05, 0.1) is 12.2 Å². The predicted octanol–water partition coefficient (Wildman–Crippen LogP) is 3.62. The van der Waals surface area contributed by atoms with Gasteiger partial charge in [0.2, 0.25) is 0 Å². The van der Waals surface area contributed by atoms with Crippen LogP contribution in [0.1, 0.15) is 19.4 Å². The first-order valence-electron chi connectivity index (χ1n) is 5.24. The maximum atomic E-state index is 11.2. The highest BCUT2D eigenvalue weighted by Crippen LogP contribution is 2.09. The molecule has 1 aromatic rings. The number of halogens is 1. The lowest BCUT2D eigenvalue weighted by Crippen LogP contribution is -2.03. The van der Waals surface area contributed by atoms with E-state index in [1.807, 2.05) is 12.1 Å². The zero-order valence-corrected chi connectivity index (χ0v) is 10.5. The summed E-state index contributed by atoms with van der Waals surface area (Å²) in [6.07, 6.45) is 1.72. The molecule has 0 spiro atoms. The van der Waals surface area contributed by atoms with E-state index in [0.29, 0.717) is 17.2 Å². The highest BCUT2D eigenvalue weighted by Gasteiger charge is 2.01. The smallest absolute Gasteiger partial charge is 0.342 e. The molecule has 0 radical (unpaired) electrons. The van der Waals surface area contributed by atoms with E-state index in [2.05, 4.69) is 11.5 Å². The molecule has 0 saturated heterocycles. The van der Waals surface area contributed by atoms with E-state index in [9.17, 15) is 4.79 Å². The monoisotopic (exact) mass is 248 g/mol. The van der Waals surface area contributed by atoms with Crippen LogP contribution in [0.15, 0.2) is 41.3 Å². The summed E-state index contributed by atoms with van der Waals surface area (Å²) in [6.45, 7) is 3.76. The molecule has 0 unspecified atom stereocenters. The Balaban J connectivity index is 2.85. The number of carbonyl (C=O) groups is 1. The van der Waals surface area contributed by atoms with Gasteiger partial charge in [-0.05, 0) is 37.6 Å². The average molecular weight is 249 g/mol. The average Bonchev–Trinajstić information content (AvgIpc) is 2.32. The number of ether oxygens (including phenoxy) is 1. The van der Waals surface area contributed by atoms with Crippen molar-refractivity contribution in [2.75, 3.05) is 6.61 Å². The van der Waals surface area contributed by atoms with Gasteiger partial charge in [-0.25, -0.2) is 4.79 Å². The quantitative estimate of drug-likeness (QED) is 0.464. The van der Waals surface area contributed by atoms with Gasteiger partial charge in [-0.3, -0.25) is 0 Å². The van der Waals surface area contributed by atoms with Crippen molar-refractivity contribution in [3.8, 4) is 0 Å². The second kappa shape index (κ2) is 6.78. The van der Waals surface area contributed by atoms with Crippen LogP contribution < -0.4 is 0 Å². The van der Waals surface area contributed by atoms with E-state index in [1.165, 1.54) is 0 Å². The first-order chi connectivity index (χ1) is 8.13. The fourth-order valence-corrected chi connectivity index (χ4v) is 1.20. The van der Waals surface area contributed by atoms with E-state index in [-0.39, 0.29) is 5.97 Å². The minimum absolute atomic E-state index is 0.360. The van der Waals surface area contributed by atoms with Crippen LogP contribution in [-0.4, -0.2) is 12.6 Å². The molecule has 0 aliphatic rings. The van der Waals surface area contributed by atoms with Gasteiger partial charge in [-0.2, -0.15) is 0 Å². The number of rotatable bonds is 3. The molecule has 1 rings (SSSR count). The van der Waals surface area contributed by atoms with Crippen molar-refractivity contribution in [3.05, 3.63) is 51.9 Å². The molecule has 1 aromatic carbocycles. The summed E-state index contributed by atoms with van der Waals surface area (Å²) in [5, 5.41) is 0.685. The molecule has 0 aromatic heterocycles. The molecular formula is C14H13ClO2. The Labute approximate surface area is 106 Å². The second-order valence-electron chi connectivity index (χ2n) is 3.31. The van der Waals surface area contributed by atoms with Gasteiger partial charge in [0.1, 0.15) is 0 Å². The third kappa shape index (κ3) is 4.76. The summed E-state index contributed by atoms with van der Waals surface area (Å²) in [5.74, 6) is -0.371. The van der Waals surface area contributed by atoms with Crippen LogP contribution in [0.5, 0.6) is 0 Å². The molecule has 2 nitrogen and oxygen atoms in total. The molecule has 0 fully saturated rings. The van der Waals surface area contributed by atoms with Crippen LogP contribution in [0, 0.1) is 0 Å². The Morgan fingerprint density at radius 2 is 2.06 bits per heavy atom. The Bertz CT molecular complexity index is 487. The van der Waals surface area contributed by atoms with Gasteiger partial charge < -0.3 is 4.74 Å². The second-order valence-corrected chi connectivity index (χ2v) is 3.75. The highest BCUT2D eigenvalue weighted by atomic mass is 35.5. The van der Waals surface area contributed by atoms with Crippen molar-refractivity contribution < 1.29 is 9.53 Å². The number of esters is 1. The lowest BCUT2D eigenvalue weighted by atomic mass is 10.2. The highest BCUT2D eigenvalue weighted by molar-refractivity contribution is 6.30. The molecule has 0 aliphatic carbocycles. The fourth-order valence-electron chi connectivity index (χ4n) is 1.08. The zero-order valence-electron chi connectivity index (χ0n) is 9.79. The Kier molecular flexibility index (Phi) is 5.32. The Hall–Kier alpha value is -1.72. The minimum Gasteiger partial charge on any atom is -0.462 e. The van der Waals surface area contributed by atoms with Gasteiger partial charge in [0, 0.05) is 5.02 Å². The summed E-state index contributed by atoms with van der Waals surface area (Å²) in [7, 11) is 0. The first-order valence-corrected chi connectivity index (χ1v) is 5.62. The van der Waals surface area contributed by atoms with Crippen molar-refractivity contribution in [1.82, 2.24) is 0 Å². The van der Waals surface area contributed by atoms with E-state index in [4.69, 9.17) is 16.3 Å². The molecule has 0 saturated carbocycles. The number of hydrogen-bond donors (Lipinski definition) is 0. The van der Waals surface area contributed by atoms with Crippen LogP contribution in [0.25, 0.3) is 6.08 Å². The fraction of sp³-hybridized carbons (Fsp3) is 0.214. The van der Waals surface area contributed by atoms with Crippen molar-refractivity contribution in [2.45, 2.75) is 13.8 Å². The maximum Gasteiger partial charge on any atom is 0.342 e. The lowest BCUT2D eigenvalue weighted by molar-refractivity contribution is -0.138. The Morgan fingerprint density at radius 3 is 2.65 bits per heavy atom. The largest absolute Gasteiger partial charge is 0.462 e. The van der Waals surface area contributed by atoms with Crippen molar-refractivity contribution in [3.63, 3.8) is 0 Å². The SMILES string of the molecule is CCOC(=O)C(C)=C=C=Cc1ccc(Cl)cc1. The summed E-state index contributed by atoms with van der Waals surface area (Å²) < 4.78 is 4.81. The standard InChI is InChI=1S/C14H13ClO2/c1-3-17-14(16)11(2)5-4-6-12-7-9-13(15)10-8-12/h6-10H,3H2,1-2H3. The molecule has 0 aliphatic heterocycles.